The second-order valence-electron chi connectivity index (χ2n) is 8.84. The Kier molecular flexibility index (Phi) is 5.95. The number of imidazole rings is 1. The summed E-state index contributed by atoms with van der Waals surface area (Å²) in [6, 6.07) is 14.7. The van der Waals surface area contributed by atoms with E-state index in [9.17, 15) is 0 Å². The number of hydrogen-bond donors (Lipinski definition) is 0. The van der Waals surface area contributed by atoms with Gasteiger partial charge in [-0.3, -0.25) is 4.40 Å². The van der Waals surface area contributed by atoms with Gasteiger partial charge in [-0.05, 0) is 70.1 Å². The highest BCUT2D eigenvalue weighted by molar-refractivity contribution is 5.92. The van der Waals surface area contributed by atoms with Crippen molar-refractivity contribution in [2.75, 3.05) is 45.2 Å². The number of pyridine rings is 2. The molecule has 5 rings (SSSR count). The molecule has 0 saturated carbocycles. The third-order valence-electron chi connectivity index (χ3n) is 6.16. The van der Waals surface area contributed by atoms with Gasteiger partial charge in [0, 0.05) is 49.2 Å². The Morgan fingerprint density at radius 3 is 2.59 bits per heavy atom. The number of nitrogens with zero attached hydrogens (tertiary/aromatic N) is 5. The van der Waals surface area contributed by atoms with E-state index >= 15 is 0 Å². The van der Waals surface area contributed by atoms with Crippen LogP contribution in [0.25, 0.3) is 27.8 Å². The molecule has 4 aromatic rings. The first kappa shape index (κ1) is 20.8. The van der Waals surface area contributed by atoms with Gasteiger partial charge in [0.2, 0.25) is 5.88 Å². The summed E-state index contributed by atoms with van der Waals surface area (Å²) in [4.78, 5) is 14.1. The largest absolute Gasteiger partial charge is 0.478 e. The number of ether oxygens (including phenoxy) is 1. The van der Waals surface area contributed by atoms with E-state index in [0.29, 0.717) is 12.5 Å². The standard InChI is InChI=1S/C26H31N5O/c1-29(2)14-7-17-32-25-13-11-20(18-27-25)21-10-12-24-28-22-8-6-9-23(26(22)31(24)19-21)30-15-4-3-5-16-30/h6,8-13,18-19H,3-5,7,14-17H2,1-2H3. The van der Waals surface area contributed by atoms with Crippen molar-refractivity contribution in [1.29, 1.82) is 0 Å². The molecule has 0 radical (unpaired) electrons. The van der Waals surface area contributed by atoms with Crippen LogP contribution in [0.3, 0.4) is 0 Å². The fourth-order valence-corrected chi connectivity index (χ4v) is 4.50. The van der Waals surface area contributed by atoms with Crippen LogP contribution < -0.4 is 9.64 Å². The first-order valence-electron chi connectivity index (χ1n) is 11.6. The average molecular weight is 430 g/mol. The van der Waals surface area contributed by atoms with Crippen molar-refractivity contribution in [3.63, 3.8) is 0 Å². The molecule has 0 atom stereocenters. The van der Waals surface area contributed by atoms with Crippen molar-refractivity contribution in [3.05, 3.63) is 54.9 Å². The molecular weight excluding hydrogens is 398 g/mol. The van der Waals surface area contributed by atoms with Gasteiger partial charge in [-0.2, -0.15) is 0 Å². The fraction of sp³-hybridized carbons (Fsp3) is 0.385. The molecule has 32 heavy (non-hydrogen) atoms. The van der Waals surface area contributed by atoms with Gasteiger partial charge in [0.15, 0.2) is 0 Å². The molecule has 1 aliphatic heterocycles. The van der Waals surface area contributed by atoms with Crippen molar-refractivity contribution < 1.29 is 4.74 Å². The molecule has 4 heterocycles. The normalized spacial score (nSPS) is 14.5. The maximum Gasteiger partial charge on any atom is 0.213 e. The quantitative estimate of drug-likeness (QED) is 0.392. The molecule has 0 spiro atoms. The van der Waals surface area contributed by atoms with Gasteiger partial charge in [0.1, 0.15) is 5.65 Å². The van der Waals surface area contributed by atoms with Gasteiger partial charge in [-0.15, -0.1) is 0 Å². The molecule has 6 nitrogen and oxygen atoms in total. The van der Waals surface area contributed by atoms with Crippen LogP contribution in [0, 0.1) is 0 Å². The van der Waals surface area contributed by atoms with E-state index in [1.165, 1.54) is 30.5 Å². The van der Waals surface area contributed by atoms with Gasteiger partial charge >= 0.3 is 0 Å². The number of rotatable bonds is 7. The molecule has 0 N–H and O–H groups in total. The molecule has 1 fully saturated rings. The lowest BCUT2D eigenvalue weighted by atomic mass is 10.1. The Labute approximate surface area is 189 Å². The van der Waals surface area contributed by atoms with Gasteiger partial charge in [-0.1, -0.05) is 6.07 Å². The topological polar surface area (TPSA) is 45.9 Å². The van der Waals surface area contributed by atoms with Gasteiger partial charge < -0.3 is 14.5 Å². The van der Waals surface area contributed by atoms with Crippen molar-refractivity contribution in [2.45, 2.75) is 25.7 Å². The second kappa shape index (κ2) is 9.17. The van der Waals surface area contributed by atoms with Gasteiger partial charge in [-0.25, -0.2) is 9.97 Å². The van der Waals surface area contributed by atoms with Crippen LogP contribution in [0.15, 0.2) is 54.9 Å². The van der Waals surface area contributed by atoms with E-state index in [2.05, 4.69) is 75.9 Å². The lowest BCUT2D eigenvalue weighted by molar-refractivity contribution is 0.273. The number of hydrogen-bond acceptors (Lipinski definition) is 5. The number of aromatic nitrogens is 3. The average Bonchev–Trinajstić information content (AvgIpc) is 3.21. The molecule has 1 aromatic carbocycles. The molecule has 6 heteroatoms. The zero-order valence-electron chi connectivity index (χ0n) is 19.0. The highest BCUT2D eigenvalue weighted by Crippen LogP contribution is 2.31. The van der Waals surface area contributed by atoms with Crippen LogP contribution in [0.4, 0.5) is 5.69 Å². The van der Waals surface area contributed by atoms with Crippen LogP contribution in [0.5, 0.6) is 5.88 Å². The van der Waals surface area contributed by atoms with Crippen molar-refractivity contribution in [1.82, 2.24) is 19.3 Å². The lowest BCUT2D eigenvalue weighted by Gasteiger charge is -2.29. The Morgan fingerprint density at radius 2 is 1.81 bits per heavy atom. The Morgan fingerprint density at radius 1 is 0.969 bits per heavy atom. The highest BCUT2D eigenvalue weighted by Gasteiger charge is 2.17. The third kappa shape index (κ3) is 4.28. The zero-order valence-corrected chi connectivity index (χ0v) is 19.0. The molecule has 166 valence electrons. The van der Waals surface area contributed by atoms with Crippen LogP contribution in [-0.4, -0.2) is 59.6 Å². The molecule has 3 aromatic heterocycles. The molecule has 1 aliphatic rings. The summed E-state index contributed by atoms with van der Waals surface area (Å²) in [5, 5.41) is 0. The van der Waals surface area contributed by atoms with E-state index in [-0.39, 0.29) is 0 Å². The molecule has 0 aliphatic carbocycles. The maximum atomic E-state index is 5.79. The van der Waals surface area contributed by atoms with Gasteiger partial charge in [0.25, 0.3) is 0 Å². The summed E-state index contributed by atoms with van der Waals surface area (Å²) in [5.74, 6) is 0.675. The predicted octanol–water partition coefficient (Wildman–Crippen LogP) is 4.87. The molecule has 0 amide bonds. The highest BCUT2D eigenvalue weighted by atomic mass is 16.5. The van der Waals surface area contributed by atoms with E-state index in [4.69, 9.17) is 9.72 Å². The summed E-state index contributed by atoms with van der Waals surface area (Å²) >= 11 is 0. The predicted molar refractivity (Wildman–Crippen MR) is 131 cm³/mol. The Bertz CT molecular complexity index is 1190. The Hall–Kier alpha value is -3.12. The summed E-state index contributed by atoms with van der Waals surface area (Å²) in [6.45, 7) is 3.92. The third-order valence-corrected chi connectivity index (χ3v) is 6.16. The van der Waals surface area contributed by atoms with E-state index in [0.717, 1.165) is 48.3 Å². The zero-order chi connectivity index (χ0) is 21.9. The first-order valence-corrected chi connectivity index (χ1v) is 11.6. The monoisotopic (exact) mass is 429 g/mol. The van der Waals surface area contributed by atoms with Crippen molar-refractivity contribution in [3.8, 4) is 17.0 Å². The summed E-state index contributed by atoms with van der Waals surface area (Å²) in [6.07, 6.45) is 8.91. The molecule has 0 bridgehead atoms. The summed E-state index contributed by atoms with van der Waals surface area (Å²) < 4.78 is 8.02. The SMILES string of the molecule is CN(C)CCCOc1ccc(-c2ccc3nc4cccc(N5CCCCC5)c4n3c2)cn1. The van der Waals surface area contributed by atoms with E-state index in [1.807, 2.05) is 12.3 Å². The van der Waals surface area contributed by atoms with Gasteiger partial charge in [0.05, 0.1) is 23.3 Å². The number of piperidine rings is 1. The summed E-state index contributed by atoms with van der Waals surface area (Å²) in [7, 11) is 4.14. The van der Waals surface area contributed by atoms with E-state index < -0.39 is 0 Å². The smallest absolute Gasteiger partial charge is 0.213 e. The maximum absolute atomic E-state index is 5.79. The van der Waals surface area contributed by atoms with Crippen LogP contribution in [0.2, 0.25) is 0 Å². The van der Waals surface area contributed by atoms with Crippen LogP contribution in [-0.2, 0) is 0 Å². The van der Waals surface area contributed by atoms with E-state index in [1.54, 1.807) is 0 Å². The number of fused-ring (bicyclic) bond motifs is 3. The van der Waals surface area contributed by atoms with Crippen LogP contribution in [0.1, 0.15) is 25.7 Å². The number of anilines is 1. The summed E-state index contributed by atoms with van der Waals surface area (Å²) in [5.41, 5.74) is 6.69. The second-order valence-corrected chi connectivity index (χ2v) is 8.84. The fourth-order valence-electron chi connectivity index (χ4n) is 4.50. The molecule has 0 unspecified atom stereocenters. The Balaban J connectivity index is 1.43. The van der Waals surface area contributed by atoms with Crippen LogP contribution >= 0.6 is 0 Å². The number of para-hydroxylation sites is 1. The van der Waals surface area contributed by atoms with Crippen molar-refractivity contribution in [2.24, 2.45) is 0 Å². The number of benzene rings is 1. The minimum Gasteiger partial charge on any atom is -0.478 e. The minimum atomic E-state index is 0.675. The molecular formula is C26H31N5O. The first-order chi connectivity index (χ1) is 15.7. The van der Waals surface area contributed by atoms with Crippen molar-refractivity contribution >= 4 is 22.4 Å². The minimum absolute atomic E-state index is 0.675. The molecule has 1 saturated heterocycles. The lowest BCUT2D eigenvalue weighted by Crippen LogP contribution is -2.29.